The molecule has 1 aliphatic carbocycles. The summed E-state index contributed by atoms with van der Waals surface area (Å²) in [5.74, 6) is 0. The van der Waals surface area contributed by atoms with Gasteiger partial charge >= 0.3 is 6.09 Å². The molecule has 0 aromatic rings. The number of carbonyl (C=O) groups is 1. The van der Waals surface area contributed by atoms with Crippen molar-refractivity contribution in [2.24, 2.45) is 0 Å². The molecule has 1 rings (SSSR count). The number of ether oxygens (including phenoxy) is 2. The normalized spacial score (nSPS) is 17.8. The Morgan fingerprint density at radius 3 is 2.47 bits per heavy atom. The third-order valence-electron chi connectivity index (χ3n) is 2.68. The molecule has 0 radical (unpaired) electrons. The fourth-order valence-electron chi connectivity index (χ4n) is 1.92. The van der Waals surface area contributed by atoms with Crippen molar-refractivity contribution in [1.29, 1.82) is 0 Å². The summed E-state index contributed by atoms with van der Waals surface area (Å²) in [7, 11) is 0. The molecule has 0 saturated heterocycles. The minimum atomic E-state index is -0.436. The van der Waals surface area contributed by atoms with Crippen molar-refractivity contribution in [3.63, 3.8) is 0 Å². The Labute approximate surface area is 104 Å². The second-order valence-electron chi connectivity index (χ2n) is 5.56. The quantitative estimate of drug-likeness (QED) is 0.772. The first-order valence-electron chi connectivity index (χ1n) is 6.56. The van der Waals surface area contributed by atoms with Crippen molar-refractivity contribution >= 4 is 6.09 Å². The van der Waals surface area contributed by atoms with Crippen LogP contribution in [0.1, 0.15) is 52.9 Å². The van der Waals surface area contributed by atoms with Crippen LogP contribution in [-0.4, -0.2) is 30.9 Å². The van der Waals surface area contributed by atoms with Gasteiger partial charge in [-0.25, -0.2) is 4.79 Å². The van der Waals surface area contributed by atoms with Crippen LogP contribution in [0.2, 0.25) is 0 Å². The van der Waals surface area contributed by atoms with Gasteiger partial charge in [0.1, 0.15) is 5.60 Å². The molecule has 0 aromatic carbocycles. The van der Waals surface area contributed by atoms with Crippen LogP contribution in [0.15, 0.2) is 0 Å². The molecule has 0 unspecified atom stereocenters. The molecular formula is C13H25NO3. The van der Waals surface area contributed by atoms with Crippen LogP contribution in [-0.2, 0) is 9.47 Å². The highest BCUT2D eigenvalue weighted by atomic mass is 16.6. The number of amides is 1. The minimum Gasteiger partial charge on any atom is -0.444 e. The van der Waals surface area contributed by atoms with Gasteiger partial charge < -0.3 is 14.8 Å². The third kappa shape index (κ3) is 7.21. The molecule has 0 aliphatic heterocycles. The van der Waals surface area contributed by atoms with E-state index in [9.17, 15) is 4.79 Å². The summed E-state index contributed by atoms with van der Waals surface area (Å²) in [6.45, 7) is 6.65. The van der Waals surface area contributed by atoms with Crippen molar-refractivity contribution in [2.75, 3.05) is 13.2 Å². The van der Waals surface area contributed by atoms with Gasteiger partial charge in [-0.15, -0.1) is 0 Å². The zero-order valence-electron chi connectivity index (χ0n) is 11.3. The number of hydrogen-bond donors (Lipinski definition) is 1. The summed E-state index contributed by atoms with van der Waals surface area (Å²) in [6.07, 6.45) is 6.21. The van der Waals surface area contributed by atoms with E-state index in [0.29, 0.717) is 19.3 Å². The molecule has 1 aliphatic rings. The monoisotopic (exact) mass is 243 g/mol. The highest BCUT2D eigenvalue weighted by molar-refractivity contribution is 5.67. The van der Waals surface area contributed by atoms with Crippen LogP contribution < -0.4 is 5.32 Å². The first-order chi connectivity index (χ1) is 7.97. The smallest absolute Gasteiger partial charge is 0.407 e. The van der Waals surface area contributed by atoms with Crippen LogP contribution in [0.4, 0.5) is 4.79 Å². The lowest BCUT2D eigenvalue weighted by Gasteiger charge is -2.22. The van der Waals surface area contributed by atoms with Crippen LogP contribution in [0.25, 0.3) is 0 Å². The zero-order chi connectivity index (χ0) is 12.7. The first-order valence-corrected chi connectivity index (χ1v) is 6.56. The van der Waals surface area contributed by atoms with Gasteiger partial charge in [0, 0.05) is 6.54 Å². The van der Waals surface area contributed by atoms with E-state index in [1.54, 1.807) is 0 Å². The molecule has 0 heterocycles. The lowest BCUT2D eigenvalue weighted by atomic mass is 9.98. The number of alkyl carbamates (subject to hydrolysis) is 1. The Kier molecular flexibility index (Phi) is 5.75. The molecule has 4 nitrogen and oxygen atoms in total. The fraction of sp³-hybridized carbons (Fsp3) is 0.923. The minimum absolute atomic E-state index is 0.371. The molecule has 0 aromatic heterocycles. The highest BCUT2D eigenvalue weighted by Gasteiger charge is 2.16. The van der Waals surface area contributed by atoms with E-state index in [4.69, 9.17) is 9.47 Å². The maximum absolute atomic E-state index is 11.3. The molecule has 1 saturated carbocycles. The van der Waals surface area contributed by atoms with Crippen molar-refractivity contribution in [2.45, 2.75) is 64.6 Å². The Bertz CT molecular complexity index is 229. The van der Waals surface area contributed by atoms with Crippen molar-refractivity contribution in [3.05, 3.63) is 0 Å². The van der Waals surface area contributed by atoms with Gasteiger partial charge in [0.05, 0.1) is 12.7 Å². The summed E-state index contributed by atoms with van der Waals surface area (Å²) >= 11 is 0. The Morgan fingerprint density at radius 2 is 1.88 bits per heavy atom. The van der Waals surface area contributed by atoms with Crippen LogP contribution in [0.5, 0.6) is 0 Å². The number of hydrogen-bond acceptors (Lipinski definition) is 3. The van der Waals surface area contributed by atoms with E-state index in [0.717, 1.165) is 12.8 Å². The van der Waals surface area contributed by atoms with Crippen LogP contribution >= 0.6 is 0 Å². The third-order valence-corrected chi connectivity index (χ3v) is 2.68. The average molecular weight is 243 g/mol. The predicted octanol–water partition coefficient (Wildman–Crippen LogP) is 2.86. The lowest BCUT2D eigenvalue weighted by Crippen LogP contribution is -2.35. The zero-order valence-corrected chi connectivity index (χ0v) is 11.3. The fourth-order valence-corrected chi connectivity index (χ4v) is 1.92. The summed E-state index contributed by atoms with van der Waals surface area (Å²) < 4.78 is 10.8. The number of nitrogens with one attached hydrogen (secondary N) is 1. The van der Waals surface area contributed by atoms with Crippen molar-refractivity contribution in [3.8, 4) is 0 Å². The van der Waals surface area contributed by atoms with Gasteiger partial charge in [-0.05, 0) is 33.6 Å². The summed E-state index contributed by atoms with van der Waals surface area (Å²) in [4.78, 5) is 11.3. The van der Waals surface area contributed by atoms with Crippen molar-refractivity contribution < 1.29 is 14.3 Å². The second kappa shape index (κ2) is 6.84. The van der Waals surface area contributed by atoms with Crippen LogP contribution in [0.3, 0.4) is 0 Å². The molecule has 1 amide bonds. The van der Waals surface area contributed by atoms with Gasteiger partial charge in [0.2, 0.25) is 0 Å². The van der Waals surface area contributed by atoms with Gasteiger partial charge in [-0.3, -0.25) is 0 Å². The maximum atomic E-state index is 11.3. The average Bonchev–Trinajstić information content (AvgIpc) is 2.23. The van der Waals surface area contributed by atoms with Gasteiger partial charge in [0.25, 0.3) is 0 Å². The molecule has 0 atom stereocenters. The molecule has 1 fully saturated rings. The Balaban J connectivity index is 2.01. The van der Waals surface area contributed by atoms with E-state index in [1.807, 2.05) is 20.8 Å². The lowest BCUT2D eigenvalue weighted by molar-refractivity contribution is 0.0244. The largest absolute Gasteiger partial charge is 0.444 e. The molecule has 17 heavy (non-hydrogen) atoms. The molecule has 1 N–H and O–H groups in total. The maximum Gasteiger partial charge on any atom is 0.407 e. The second-order valence-corrected chi connectivity index (χ2v) is 5.56. The molecule has 0 bridgehead atoms. The predicted molar refractivity (Wildman–Crippen MR) is 67.1 cm³/mol. The van der Waals surface area contributed by atoms with Crippen molar-refractivity contribution in [1.82, 2.24) is 5.32 Å². The topological polar surface area (TPSA) is 47.6 Å². The Morgan fingerprint density at radius 1 is 1.24 bits per heavy atom. The standard InChI is InChI=1S/C13H25NO3/c1-13(2,3)17-12(15)14-9-10-16-11-7-5-4-6-8-11/h11H,4-10H2,1-3H3,(H,14,15). The summed E-state index contributed by atoms with van der Waals surface area (Å²) in [5.41, 5.74) is -0.436. The summed E-state index contributed by atoms with van der Waals surface area (Å²) in [5, 5.41) is 2.69. The van der Waals surface area contributed by atoms with E-state index in [2.05, 4.69) is 5.32 Å². The summed E-state index contributed by atoms with van der Waals surface area (Å²) in [6, 6.07) is 0. The van der Waals surface area contributed by atoms with Gasteiger partial charge in [-0.1, -0.05) is 19.3 Å². The van der Waals surface area contributed by atoms with E-state index in [-0.39, 0.29) is 6.09 Å². The van der Waals surface area contributed by atoms with E-state index < -0.39 is 5.60 Å². The van der Waals surface area contributed by atoms with Crippen LogP contribution in [0, 0.1) is 0 Å². The molecule has 0 spiro atoms. The van der Waals surface area contributed by atoms with E-state index in [1.165, 1.54) is 19.3 Å². The molecule has 100 valence electrons. The molecule has 4 heteroatoms. The number of rotatable bonds is 4. The molecular weight excluding hydrogens is 218 g/mol. The SMILES string of the molecule is CC(C)(C)OC(=O)NCCOC1CCCCC1. The first kappa shape index (κ1) is 14.3. The highest BCUT2D eigenvalue weighted by Crippen LogP contribution is 2.19. The number of carbonyl (C=O) groups excluding carboxylic acids is 1. The van der Waals surface area contributed by atoms with Gasteiger partial charge in [-0.2, -0.15) is 0 Å². The van der Waals surface area contributed by atoms with E-state index >= 15 is 0 Å². The Hall–Kier alpha value is -0.770. The van der Waals surface area contributed by atoms with Gasteiger partial charge in [0.15, 0.2) is 0 Å².